The summed E-state index contributed by atoms with van der Waals surface area (Å²) in [6.45, 7) is -0.240. The molecule has 0 saturated carbocycles. The van der Waals surface area contributed by atoms with E-state index in [-0.39, 0.29) is 18.2 Å². The highest BCUT2D eigenvalue weighted by Crippen LogP contribution is 2.28. The summed E-state index contributed by atoms with van der Waals surface area (Å²) in [5.74, 6) is -0.841. The predicted molar refractivity (Wildman–Crippen MR) is 134 cm³/mol. The maximum Gasteiger partial charge on any atom is 0.343 e. The van der Waals surface area contributed by atoms with Crippen LogP contribution in [0.15, 0.2) is 80.8 Å². The highest BCUT2D eigenvalue weighted by atomic mass is 79.9. The molecule has 0 spiro atoms. The number of hydrazone groups is 1. The second kappa shape index (κ2) is 12.1. The lowest BCUT2D eigenvalue weighted by Gasteiger charge is -2.10. The Morgan fingerprint density at radius 1 is 0.912 bits per heavy atom. The van der Waals surface area contributed by atoms with E-state index >= 15 is 0 Å². The number of ether oxygens (including phenoxy) is 2. The summed E-state index contributed by atoms with van der Waals surface area (Å²) in [4.78, 5) is 36.4. The van der Waals surface area contributed by atoms with Gasteiger partial charge in [-0.05, 0) is 60.2 Å². The number of carbonyl (C=O) groups is 3. The molecule has 34 heavy (non-hydrogen) atoms. The molecule has 0 bridgehead atoms. The predicted octanol–water partition coefficient (Wildman–Crippen LogP) is 4.32. The first kappa shape index (κ1) is 25.1. The number of nitrogens with one attached hydrogen (secondary N) is 2. The summed E-state index contributed by atoms with van der Waals surface area (Å²) < 4.78 is 12.3. The third kappa shape index (κ3) is 7.26. The molecular formula is C24H19Br2N3O5. The van der Waals surface area contributed by atoms with Crippen LogP contribution in [0.25, 0.3) is 0 Å². The van der Waals surface area contributed by atoms with E-state index in [1.165, 1.54) is 13.3 Å². The molecule has 3 aromatic carbocycles. The van der Waals surface area contributed by atoms with Gasteiger partial charge in [0.2, 0.25) is 0 Å². The van der Waals surface area contributed by atoms with Crippen LogP contribution < -0.4 is 20.2 Å². The van der Waals surface area contributed by atoms with Crippen molar-refractivity contribution in [1.82, 2.24) is 10.7 Å². The van der Waals surface area contributed by atoms with E-state index in [9.17, 15) is 14.4 Å². The van der Waals surface area contributed by atoms with Crippen LogP contribution in [0.4, 0.5) is 0 Å². The lowest BCUT2D eigenvalue weighted by atomic mass is 10.2. The fourth-order valence-corrected chi connectivity index (χ4v) is 3.53. The molecule has 0 heterocycles. The molecule has 3 rings (SSSR count). The van der Waals surface area contributed by atoms with Crippen molar-refractivity contribution >= 4 is 55.9 Å². The number of benzene rings is 3. The lowest BCUT2D eigenvalue weighted by molar-refractivity contribution is -0.120. The Morgan fingerprint density at radius 3 is 2.26 bits per heavy atom. The molecule has 0 aliphatic carbocycles. The summed E-state index contributed by atoms with van der Waals surface area (Å²) in [7, 11) is 1.45. The number of methoxy groups -OCH3 is 1. The second-order valence-electron chi connectivity index (χ2n) is 6.80. The zero-order chi connectivity index (χ0) is 24.5. The van der Waals surface area contributed by atoms with Gasteiger partial charge in [-0.25, -0.2) is 10.2 Å². The van der Waals surface area contributed by atoms with Gasteiger partial charge in [0, 0.05) is 14.5 Å². The number of halogens is 2. The standard InChI is InChI=1S/C24H19Br2N3O5/c1-33-21-10-15(8-9-20(21)34-24(32)17-5-3-7-19(26)12-17)13-28-29-22(30)14-27-23(31)16-4-2-6-18(25)11-16/h2-13H,14H2,1H3,(H,27,31)(H,29,30). The van der Waals surface area contributed by atoms with Crippen molar-refractivity contribution in [1.29, 1.82) is 0 Å². The topological polar surface area (TPSA) is 106 Å². The second-order valence-corrected chi connectivity index (χ2v) is 8.63. The molecule has 0 radical (unpaired) electrons. The minimum atomic E-state index is -0.529. The minimum absolute atomic E-state index is 0.240. The summed E-state index contributed by atoms with van der Waals surface area (Å²) in [6.07, 6.45) is 1.40. The normalized spacial score (nSPS) is 10.6. The Morgan fingerprint density at radius 2 is 1.59 bits per heavy atom. The number of hydrogen-bond donors (Lipinski definition) is 2. The van der Waals surface area contributed by atoms with Crippen molar-refractivity contribution in [3.63, 3.8) is 0 Å². The third-order valence-corrected chi connectivity index (χ3v) is 5.34. The van der Waals surface area contributed by atoms with E-state index in [2.05, 4.69) is 47.7 Å². The van der Waals surface area contributed by atoms with Crippen molar-refractivity contribution in [3.05, 3.63) is 92.4 Å². The minimum Gasteiger partial charge on any atom is -0.493 e. The number of nitrogens with zero attached hydrogens (tertiary/aromatic N) is 1. The molecule has 0 aromatic heterocycles. The monoisotopic (exact) mass is 587 g/mol. The number of esters is 1. The van der Waals surface area contributed by atoms with Crippen LogP contribution in [0.2, 0.25) is 0 Å². The van der Waals surface area contributed by atoms with E-state index in [1.807, 2.05) is 0 Å². The average molecular weight is 589 g/mol. The Labute approximate surface area is 212 Å². The molecule has 0 saturated heterocycles. The van der Waals surface area contributed by atoms with Crippen molar-refractivity contribution in [2.75, 3.05) is 13.7 Å². The van der Waals surface area contributed by atoms with E-state index in [0.717, 1.165) is 8.95 Å². The van der Waals surface area contributed by atoms with Gasteiger partial charge in [-0.15, -0.1) is 0 Å². The van der Waals surface area contributed by atoms with Crippen molar-refractivity contribution < 1.29 is 23.9 Å². The van der Waals surface area contributed by atoms with E-state index in [1.54, 1.807) is 66.7 Å². The van der Waals surface area contributed by atoms with Gasteiger partial charge in [-0.1, -0.05) is 44.0 Å². The maximum atomic E-state index is 12.4. The van der Waals surface area contributed by atoms with Gasteiger partial charge in [-0.2, -0.15) is 5.10 Å². The molecule has 2 N–H and O–H groups in total. The third-order valence-electron chi connectivity index (χ3n) is 4.35. The van der Waals surface area contributed by atoms with E-state index < -0.39 is 11.9 Å². The van der Waals surface area contributed by atoms with Gasteiger partial charge < -0.3 is 14.8 Å². The first-order valence-electron chi connectivity index (χ1n) is 9.87. The SMILES string of the molecule is COc1cc(C=NNC(=O)CNC(=O)c2cccc(Br)c2)ccc1OC(=O)c1cccc(Br)c1. The molecular weight excluding hydrogens is 570 g/mol. The first-order valence-corrected chi connectivity index (χ1v) is 11.5. The summed E-state index contributed by atoms with van der Waals surface area (Å²) >= 11 is 6.61. The van der Waals surface area contributed by atoms with Gasteiger partial charge >= 0.3 is 5.97 Å². The lowest BCUT2D eigenvalue weighted by Crippen LogP contribution is -2.34. The van der Waals surface area contributed by atoms with Crippen LogP contribution in [-0.2, 0) is 4.79 Å². The van der Waals surface area contributed by atoms with E-state index in [4.69, 9.17) is 9.47 Å². The highest BCUT2D eigenvalue weighted by molar-refractivity contribution is 9.10. The molecule has 3 aromatic rings. The maximum absolute atomic E-state index is 12.4. The zero-order valence-electron chi connectivity index (χ0n) is 17.9. The van der Waals surface area contributed by atoms with E-state index in [0.29, 0.717) is 22.4 Å². The number of carbonyl (C=O) groups excluding carboxylic acids is 3. The summed E-state index contributed by atoms with van der Waals surface area (Å²) in [6, 6.07) is 18.5. The van der Waals surface area contributed by atoms with Gasteiger partial charge in [-0.3, -0.25) is 9.59 Å². The van der Waals surface area contributed by atoms with Gasteiger partial charge in [0.1, 0.15) is 0 Å². The van der Waals surface area contributed by atoms with Crippen LogP contribution in [-0.4, -0.2) is 37.7 Å². The molecule has 0 aliphatic heterocycles. The smallest absolute Gasteiger partial charge is 0.343 e. The van der Waals surface area contributed by atoms with Crippen molar-refractivity contribution in [3.8, 4) is 11.5 Å². The fraction of sp³-hybridized carbons (Fsp3) is 0.0833. The van der Waals surface area contributed by atoms with Crippen LogP contribution in [0.5, 0.6) is 11.5 Å². The molecule has 8 nitrogen and oxygen atoms in total. The Hall–Kier alpha value is -3.50. The molecule has 174 valence electrons. The van der Waals surface area contributed by atoms with Crippen molar-refractivity contribution in [2.45, 2.75) is 0 Å². The zero-order valence-corrected chi connectivity index (χ0v) is 21.1. The largest absolute Gasteiger partial charge is 0.493 e. The summed E-state index contributed by atoms with van der Waals surface area (Å²) in [5, 5.41) is 6.40. The highest BCUT2D eigenvalue weighted by Gasteiger charge is 2.13. The molecule has 2 amide bonds. The Balaban J connectivity index is 1.54. The average Bonchev–Trinajstić information content (AvgIpc) is 2.83. The fourth-order valence-electron chi connectivity index (χ4n) is 2.73. The van der Waals surface area contributed by atoms with Crippen LogP contribution in [0.1, 0.15) is 26.3 Å². The van der Waals surface area contributed by atoms with Crippen LogP contribution >= 0.6 is 31.9 Å². The quantitative estimate of drug-likeness (QED) is 0.176. The molecule has 0 aliphatic rings. The molecule has 0 fully saturated rings. The molecule has 10 heteroatoms. The number of hydrogen-bond acceptors (Lipinski definition) is 6. The number of rotatable bonds is 8. The van der Waals surface area contributed by atoms with Crippen LogP contribution in [0, 0.1) is 0 Å². The van der Waals surface area contributed by atoms with Gasteiger partial charge in [0.25, 0.3) is 11.8 Å². The van der Waals surface area contributed by atoms with Crippen LogP contribution in [0.3, 0.4) is 0 Å². The summed E-state index contributed by atoms with van der Waals surface area (Å²) in [5.41, 5.74) is 3.75. The van der Waals surface area contributed by atoms with Crippen molar-refractivity contribution in [2.24, 2.45) is 5.10 Å². The van der Waals surface area contributed by atoms with Gasteiger partial charge in [0.05, 0.1) is 25.4 Å². The Kier molecular flexibility index (Phi) is 8.94. The Bertz CT molecular complexity index is 1250. The van der Waals surface area contributed by atoms with Gasteiger partial charge in [0.15, 0.2) is 11.5 Å². The number of amides is 2. The first-order chi connectivity index (χ1) is 16.4. The molecule has 0 unspecified atom stereocenters. The molecule has 0 atom stereocenters.